The van der Waals surface area contributed by atoms with Crippen LogP contribution in [0.1, 0.15) is 30.4 Å². The number of benzene rings is 4. The predicted octanol–water partition coefficient (Wildman–Crippen LogP) is 3.78. The SMILES string of the molecule is C[C@H]1c2ccc(NC(=S)Nc3ccc(NS(=O)(=O)c4ccc5c(N(C)C)cccc5c4)cc3)c(O)c2C(O)=C2C(=O)[C@]3(O)C(O)=C(C(N)=O)C(=O)C[C@@H]3[C@@H](O)[C@@H]21. The molecular formula is C39H37N5O10S2. The number of nitrogens with one attached hydrogen (secondary N) is 3. The maximum atomic E-state index is 13.9. The minimum atomic E-state index is -3.94. The Kier molecular flexibility index (Phi) is 9.31. The van der Waals surface area contributed by atoms with E-state index in [1.807, 2.05) is 37.2 Å². The molecule has 1 amide bonds. The Bertz CT molecular complexity index is 2570. The van der Waals surface area contributed by atoms with Gasteiger partial charge in [0.05, 0.1) is 22.3 Å². The number of sulfonamides is 1. The number of anilines is 4. The van der Waals surface area contributed by atoms with Crippen molar-refractivity contribution >= 4 is 84.1 Å². The summed E-state index contributed by atoms with van der Waals surface area (Å²) in [6, 6.07) is 19.8. The summed E-state index contributed by atoms with van der Waals surface area (Å²) in [5.41, 5.74) is 2.63. The number of nitrogens with zero attached hydrogens (tertiary/aromatic N) is 1. The fourth-order valence-electron chi connectivity index (χ4n) is 8.02. The number of primary amides is 1. The number of carbonyl (C=O) groups excluding carboxylic acids is 3. The lowest BCUT2D eigenvalue weighted by molar-refractivity contribution is -0.160. The smallest absolute Gasteiger partial charge is 0.261 e. The van der Waals surface area contributed by atoms with E-state index in [2.05, 4.69) is 15.4 Å². The van der Waals surface area contributed by atoms with E-state index in [0.29, 0.717) is 11.3 Å². The zero-order valence-corrected chi connectivity index (χ0v) is 31.7. The fourth-order valence-corrected chi connectivity index (χ4v) is 9.34. The Hall–Kier alpha value is -6.01. The number of carbonyl (C=O) groups is 3. The van der Waals surface area contributed by atoms with E-state index >= 15 is 0 Å². The summed E-state index contributed by atoms with van der Waals surface area (Å²) in [5.74, 6) is -9.68. The number of rotatable bonds is 7. The molecule has 1 saturated carbocycles. The highest BCUT2D eigenvalue weighted by Gasteiger charge is 2.65. The van der Waals surface area contributed by atoms with E-state index in [1.54, 1.807) is 43.3 Å². The molecule has 0 heterocycles. The minimum Gasteiger partial charge on any atom is -0.508 e. The second-order valence-corrected chi connectivity index (χ2v) is 16.3. The number of phenols is 1. The lowest BCUT2D eigenvalue weighted by atomic mass is 9.55. The number of nitrogens with two attached hydrogens (primary N) is 1. The Morgan fingerprint density at radius 3 is 2.30 bits per heavy atom. The highest BCUT2D eigenvalue weighted by Crippen LogP contribution is 2.56. The van der Waals surface area contributed by atoms with Crippen molar-refractivity contribution < 1.29 is 48.3 Å². The number of hydrogen-bond acceptors (Lipinski definition) is 12. The fraction of sp³-hybridized carbons (Fsp3) is 0.231. The summed E-state index contributed by atoms with van der Waals surface area (Å²) in [4.78, 5) is 40.6. The number of hydrogen-bond donors (Lipinski definition) is 9. The quantitative estimate of drug-likeness (QED) is 0.0733. The van der Waals surface area contributed by atoms with Gasteiger partial charge >= 0.3 is 0 Å². The molecule has 15 nitrogen and oxygen atoms in total. The van der Waals surface area contributed by atoms with Crippen molar-refractivity contribution in [3.8, 4) is 5.75 Å². The van der Waals surface area contributed by atoms with Crippen LogP contribution in [0.15, 0.2) is 94.6 Å². The first-order chi connectivity index (χ1) is 26.4. The summed E-state index contributed by atoms with van der Waals surface area (Å²) in [6.07, 6.45) is -2.32. The highest BCUT2D eigenvalue weighted by molar-refractivity contribution is 7.92. The third-order valence-electron chi connectivity index (χ3n) is 10.8. The first kappa shape index (κ1) is 38.3. The van der Waals surface area contributed by atoms with Crippen LogP contribution in [0.4, 0.5) is 22.7 Å². The molecule has 10 N–H and O–H groups in total. The van der Waals surface area contributed by atoms with Crippen LogP contribution >= 0.6 is 12.2 Å². The molecule has 17 heteroatoms. The molecule has 290 valence electrons. The summed E-state index contributed by atoms with van der Waals surface area (Å²) in [7, 11) is -0.118. The van der Waals surface area contributed by atoms with Crippen molar-refractivity contribution in [1.29, 1.82) is 0 Å². The van der Waals surface area contributed by atoms with Gasteiger partial charge in [-0.3, -0.25) is 19.1 Å². The number of aromatic hydroxyl groups is 1. The van der Waals surface area contributed by atoms with Crippen LogP contribution < -0.4 is 26.0 Å². The molecule has 0 spiro atoms. The van der Waals surface area contributed by atoms with E-state index in [0.717, 1.165) is 16.5 Å². The Labute approximate surface area is 325 Å². The normalized spacial score (nSPS) is 23.2. The first-order valence-corrected chi connectivity index (χ1v) is 19.2. The van der Waals surface area contributed by atoms with Crippen molar-refractivity contribution in [3.05, 3.63) is 101 Å². The third kappa shape index (κ3) is 5.99. The van der Waals surface area contributed by atoms with Crippen LogP contribution in [0.3, 0.4) is 0 Å². The first-order valence-electron chi connectivity index (χ1n) is 17.3. The molecular weight excluding hydrogens is 763 g/mol. The number of aliphatic hydroxyl groups excluding tert-OH is 3. The highest BCUT2D eigenvalue weighted by atomic mass is 32.2. The number of thiocarbonyl (C=S) groups is 1. The minimum absolute atomic E-state index is 0.000987. The Morgan fingerprint density at radius 1 is 0.964 bits per heavy atom. The molecule has 4 aromatic rings. The summed E-state index contributed by atoms with van der Waals surface area (Å²) in [5, 5.41) is 64.1. The summed E-state index contributed by atoms with van der Waals surface area (Å²) < 4.78 is 29.1. The van der Waals surface area contributed by atoms with Crippen molar-refractivity contribution in [3.63, 3.8) is 0 Å². The molecule has 0 aromatic heterocycles. The molecule has 7 rings (SSSR count). The molecule has 56 heavy (non-hydrogen) atoms. The average molecular weight is 800 g/mol. The van der Waals surface area contributed by atoms with Gasteiger partial charge in [0.25, 0.3) is 15.9 Å². The predicted molar refractivity (Wildman–Crippen MR) is 213 cm³/mol. The van der Waals surface area contributed by atoms with E-state index < -0.39 is 91.8 Å². The largest absolute Gasteiger partial charge is 0.508 e. The van der Waals surface area contributed by atoms with E-state index in [9.17, 15) is 48.3 Å². The topological polar surface area (TPSA) is 252 Å². The van der Waals surface area contributed by atoms with Gasteiger partial charge in [0.15, 0.2) is 16.5 Å². The summed E-state index contributed by atoms with van der Waals surface area (Å²) >= 11 is 5.45. The second kappa shape index (κ2) is 13.6. The zero-order chi connectivity index (χ0) is 40.6. The number of amides is 1. The van der Waals surface area contributed by atoms with Gasteiger partial charge in [0.1, 0.15) is 22.8 Å². The van der Waals surface area contributed by atoms with Gasteiger partial charge in [-0.25, -0.2) is 8.42 Å². The van der Waals surface area contributed by atoms with Gasteiger partial charge in [-0.15, -0.1) is 0 Å². The molecule has 1 fully saturated rings. The average Bonchev–Trinajstić information content (AvgIpc) is 3.14. The van der Waals surface area contributed by atoms with Gasteiger partial charge in [0.2, 0.25) is 5.78 Å². The molecule has 3 aliphatic carbocycles. The molecule has 0 saturated heterocycles. The zero-order valence-electron chi connectivity index (χ0n) is 30.1. The van der Waals surface area contributed by atoms with E-state index in [-0.39, 0.29) is 26.9 Å². The van der Waals surface area contributed by atoms with Crippen LogP contribution in [0, 0.1) is 11.8 Å². The van der Waals surface area contributed by atoms with Crippen molar-refractivity contribution in [1.82, 2.24) is 0 Å². The van der Waals surface area contributed by atoms with Crippen molar-refractivity contribution in [2.75, 3.05) is 34.4 Å². The number of Topliss-reactive ketones (excluding diaryl/α,β-unsaturated/α-hetero) is 2. The maximum absolute atomic E-state index is 13.9. The molecule has 0 aliphatic heterocycles. The second-order valence-electron chi connectivity index (χ2n) is 14.2. The van der Waals surface area contributed by atoms with Crippen molar-refractivity contribution in [2.45, 2.75) is 35.9 Å². The van der Waals surface area contributed by atoms with Gasteiger partial charge in [0, 0.05) is 60.4 Å². The van der Waals surface area contributed by atoms with Gasteiger partial charge in [-0.2, -0.15) is 0 Å². The third-order valence-corrected chi connectivity index (χ3v) is 12.3. The summed E-state index contributed by atoms with van der Waals surface area (Å²) in [6.45, 7) is 1.62. The molecule has 0 bridgehead atoms. The van der Waals surface area contributed by atoms with Crippen LogP contribution in [-0.2, 0) is 24.4 Å². The molecule has 5 atom stereocenters. The van der Waals surface area contributed by atoms with Crippen LogP contribution in [-0.4, -0.2) is 82.3 Å². The lowest BCUT2D eigenvalue weighted by Gasteiger charge is -2.50. The van der Waals surface area contributed by atoms with Crippen molar-refractivity contribution in [2.24, 2.45) is 17.6 Å². The number of aliphatic hydroxyl groups is 4. The molecule has 0 unspecified atom stereocenters. The number of phenolic OH excluding ortho intramolecular Hbond substituents is 1. The van der Waals surface area contributed by atoms with E-state index in [4.69, 9.17) is 18.0 Å². The molecule has 4 aromatic carbocycles. The van der Waals surface area contributed by atoms with Gasteiger partial charge in [-0.1, -0.05) is 31.2 Å². The standard InChI is InChI=1S/C39H37N5O10S2/c1-17-22-13-14-25(33(47)29(22)34(48)31-28(17)32(46)24-16-27(45)30(37(40)51)35(49)39(24,52)36(31)50)42-38(55)41-19-7-9-20(10-8-19)43-56(53,54)21-11-12-23-18(15-21)5-4-6-26(23)44(2)3/h4-15,17,24,28,32,43,46-49,52H,16H2,1-3H3,(H2,40,51)(H2,41,42,55)/t17-,24+,28+,32+,39+/m0/s1. The molecule has 0 radical (unpaired) electrons. The number of ketones is 2. The lowest BCUT2D eigenvalue weighted by Crippen LogP contribution is -2.63. The maximum Gasteiger partial charge on any atom is 0.261 e. The number of fused-ring (bicyclic) bond motifs is 4. The van der Waals surface area contributed by atoms with Crippen LogP contribution in [0.25, 0.3) is 16.5 Å². The Morgan fingerprint density at radius 2 is 1.64 bits per heavy atom. The van der Waals surface area contributed by atoms with Gasteiger partial charge in [-0.05, 0) is 77.6 Å². The van der Waals surface area contributed by atoms with E-state index in [1.165, 1.54) is 18.2 Å². The van der Waals surface area contributed by atoms with Crippen LogP contribution in [0.2, 0.25) is 0 Å². The molecule has 3 aliphatic rings. The van der Waals surface area contributed by atoms with Crippen LogP contribution in [0.5, 0.6) is 5.75 Å². The Balaban J connectivity index is 1.10. The monoisotopic (exact) mass is 799 g/mol. The van der Waals surface area contributed by atoms with Gasteiger partial charge < -0.3 is 46.8 Å².